The largest absolute Gasteiger partial charge is 0.451 e. The maximum atomic E-state index is 12.1. The zero-order valence-corrected chi connectivity index (χ0v) is 16.8. The molecule has 1 rings (SSSR count). The van der Waals surface area contributed by atoms with Crippen LogP contribution in [0.25, 0.3) is 0 Å². The fourth-order valence-corrected chi connectivity index (χ4v) is 3.32. The number of rotatable bonds is 8. The summed E-state index contributed by atoms with van der Waals surface area (Å²) in [6.45, 7) is 4.42. The van der Waals surface area contributed by atoms with Gasteiger partial charge in [0, 0.05) is 25.7 Å². The first kappa shape index (κ1) is 22.6. The third-order valence-corrected chi connectivity index (χ3v) is 4.98. The quantitative estimate of drug-likeness (QED) is 0.599. The second-order valence-corrected chi connectivity index (χ2v) is 8.06. The monoisotopic (exact) mass is 399 g/mol. The summed E-state index contributed by atoms with van der Waals surface area (Å²) >= 11 is 0. The second-order valence-electron chi connectivity index (χ2n) is 6.35. The minimum absolute atomic E-state index is 0.0307. The van der Waals surface area contributed by atoms with Gasteiger partial charge in [0.2, 0.25) is 10.0 Å². The number of hydrogen-bond acceptors (Lipinski definition) is 6. The van der Waals surface area contributed by atoms with E-state index < -0.39 is 34.5 Å². The van der Waals surface area contributed by atoms with Gasteiger partial charge >= 0.3 is 5.97 Å². The Hall–Kier alpha value is -2.46. The molecule has 0 aromatic heterocycles. The summed E-state index contributed by atoms with van der Waals surface area (Å²) in [6, 6.07) is 5.03. The van der Waals surface area contributed by atoms with Gasteiger partial charge in [0.1, 0.15) is 6.54 Å². The Bertz CT molecular complexity index is 787. The molecule has 0 radical (unpaired) electrons. The smallest absolute Gasteiger partial charge is 0.326 e. The molecule has 150 valence electrons. The van der Waals surface area contributed by atoms with Crippen molar-refractivity contribution in [2.45, 2.75) is 37.8 Å². The molecule has 2 N–H and O–H groups in total. The summed E-state index contributed by atoms with van der Waals surface area (Å²) in [5.41, 5.74) is 0.184. The van der Waals surface area contributed by atoms with Crippen LogP contribution >= 0.6 is 0 Å². The van der Waals surface area contributed by atoms with Gasteiger partial charge in [-0.05, 0) is 45.0 Å². The second kappa shape index (κ2) is 9.47. The minimum Gasteiger partial charge on any atom is -0.451 e. The van der Waals surface area contributed by atoms with E-state index in [0.29, 0.717) is 0 Å². The van der Waals surface area contributed by atoms with Crippen molar-refractivity contribution < 1.29 is 27.5 Å². The predicted octanol–water partition coefficient (Wildman–Crippen LogP) is 0.123. The number of ether oxygens (including phenoxy) is 1. The maximum absolute atomic E-state index is 12.1. The number of nitrogens with one attached hydrogen (secondary N) is 2. The predicted molar refractivity (Wildman–Crippen MR) is 98.5 cm³/mol. The SMILES string of the molecule is CC(C)NS(=O)(=O)c1ccc(C(=O)NCC(=O)O[C@H](C)C(=O)N(C)C)cc1. The number of sulfonamides is 1. The molecule has 1 aromatic carbocycles. The Morgan fingerprint density at radius 2 is 1.63 bits per heavy atom. The molecule has 9 nitrogen and oxygen atoms in total. The van der Waals surface area contributed by atoms with Crippen molar-refractivity contribution in [2.75, 3.05) is 20.6 Å². The maximum Gasteiger partial charge on any atom is 0.326 e. The highest BCUT2D eigenvalue weighted by molar-refractivity contribution is 7.89. The van der Waals surface area contributed by atoms with Crippen molar-refractivity contribution in [2.24, 2.45) is 0 Å². The number of benzene rings is 1. The van der Waals surface area contributed by atoms with Gasteiger partial charge in [-0.15, -0.1) is 0 Å². The number of nitrogens with zero attached hydrogens (tertiary/aromatic N) is 1. The van der Waals surface area contributed by atoms with Crippen LogP contribution in [0, 0.1) is 0 Å². The van der Waals surface area contributed by atoms with E-state index in [1.54, 1.807) is 13.8 Å². The number of hydrogen-bond donors (Lipinski definition) is 2. The third kappa shape index (κ3) is 6.99. The molecule has 0 aliphatic heterocycles. The average molecular weight is 399 g/mol. The molecular formula is C17H25N3O6S. The molecule has 0 aliphatic carbocycles. The van der Waals surface area contributed by atoms with Crippen molar-refractivity contribution in [3.05, 3.63) is 29.8 Å². The molecule has 0 unspecified atom stereocenters. The summed E-state index contributed by atoms with van der Waals surface area (Å²) in [4.78, 5) is 36.7. The number of esters is 1. The summed E-state index contributed by atoms with van der Waals surface area (Å²) < 4.78 is 31.4. The highest BCUT2D eigenvalue weighted by Crippen LogP contribution is 2.11. The molecule has 0 aliphatic rings. The van der Waals surface area contributed by atoms with E-state index in [9.17, 15) is 22.8 Å². The lowest BCUT2D eigenvalue weighted by Crippen LogP contribution is -2.38. The highest BCUT2D eigenvalue weighted by Gasteiger charge is 2.20. The molecule has 10 heteroatoms. The molecule has 0 saturated carbocycles. The van der Waals surface area contributed by atoms with Gasteiger partial charge in [-0.25, -0.2) is 13.1 Å². The summed E-state index contributed by atoms with van der Waals surface area (Å²) in [5.74, 6) is -1.70. The van der Waals surface area contributed by atoms with Crippen LogP contribution in [0.3, 0.4) is 0 Å². The van der Waals surface area contributed by atoms with Gasteiger partial charge in [0.25, 0.3) is 11.8 Å². The molecule has 1 atom stereocenters. The Kier molecular flexibility index (Phi) is 7.92. The summed E-state index contributed by atoms with van der Waals surface area (Å²) in [7, 11) is -0.575. The van der Waals surface area contributed by atoms with E-state index >= 15 is 0 Å². The number of amides is 2. The number of likely N-dealkylation sites (N-methyl/N-ethyl adjacent to an activating group) is 1. The van der Waals surface area contributed by atoms with Crippen LogP contribution in [0.15, 0.2) is 29.2 Å². The van der Waals surface area contributed by atoms with E-state index in [4.69, 9.17) is 4.74 Å². The molecule has 0 saturated heterocycles. The van der Waals surface area contributed by atoms with Crippen molar-refractivity contribution in [3.63, 3.8) is 0 Å². The fraction of sp³-hybridized carbons (Fsp3) is 0.471. The van der Waals surface area contributed by atoms with E-state index in [-0.39, 0.29) is 22.4 Å². The first-order chi connectivity index (χ1) is 12.4. The van der Waals surface area contributed by atoms with Crippen LogP contribution < -0.4 is 10.0 Å². The van der Waals surface area contributed by atoms with Gasteiger partial charge in [-0.1, -0.05) is 0 Å². The van der Waals surface area contributed by atoms with Crippen molar-refractivity contribution in [1.82, 2.24) is 14.9 Å². The number of carbonyl (C=O) groups excluding carboxylic acids is 3. The molecule has 2 amide bonds. The standard InChI is InChI=1S/C17H25N3O6S/c1-11(2)19-27(24,25)14-8-6-13(7-9-14)16(22)18-10-15(21)26-12(3)17(23)20(4)5/h6-9,11-12,19H,10H2,1-5H3,(H,18,22)/t12-/m1/s1. The van der Waals surface area contributed by atoms with E-state index in [0.717, 1.165) is 0 Å². The lowest BCUT2D eigenvalue weighted by Gasteiger charge is -2.17. The molecule has 1 aromatic rings. The Morgan fingerprint density at radius 3 is 2.11 bits per heavy atom. The Balaban J connectivity index is 2.63. The van der Waals surface area contributed by atoms with Gasteiger partial charge < -0.3 is 15.0 Å². The lowest BCUT2D eigenvalue weighted by molar-refractivity contribution is -0.157. The van der Waals surface area contributed by atoms with Crippen LogP contribution in [0.5, 0.6) is 0 Å². The van der Waals surface area contributed by atoms with E-state index in [1.807, 2.05) is 0 Å². The van der Waals surface area contributed by atoms with Crippen LogP contribution in [0.4, 0.5) is 0 Å². The third-order valence-electron chi connectivity index (χ3n) is 3.31. The Morgan fingerprint density at radius 1 is 1.07 bits per heavy atom. The molecule has 0 bridgehead atoms. The van der Waals surface area contributed by atoms with Gasteiger partial charge in [-0.3, -0.25) is 14.4 Å². The highest BCUT2D eigenvalue weighted by atomic mass is 32.2. The topological polar surface area (TPSA) is 122 Å². The van der Waals surface area contributed by atoms with E-state index in [1.165, 1.54) is 50.2 Å². The lowest BCUT2D eigenvalue weighted by atomic mass is 10.2. The molecule has 27 heavy (non-hydrogen) atoms. The van der Waals surface area contributed by atoms with Gasteiger partial charge in [0.05, 0.1) is 4.90 Å². The average Bonchev–Trinajstić information content (AvgIpc) is 2.57. The van der Waals surface area contributed by atoms with Crippen molar-refractivity contribution in [1.29, 1.82) is 0 Å². The molecule has 0 spiro atoms. The normalized spacial score (nSPS) is 12.4. The first-order valence-electron chi connectivity index (χ1n) is 8.25. The zero-order chi connectivity index (χ0) is 20.8. The molecule has 0 heterocycles. The first-order valence-corrected chi connectivity index (χ1v) is 9.73. The molecular weight excluding hydrogens is 374 g/mol. The minimum atomic E-state index is -3.65. The summed E-state index contributed by atoms with van der Waals surface area (Å²) in [5, 5.41) is 2.36. The van der Waals surface area contributed by atoms with Crippen LogP contribution in [0.1, 0.15) is 31.1 Å². The van der Waals surface area contributed by atoms with Crippen LogP contribution in [-0.4, -0.2) is 63.9 Å². The van der Waals surface area contributed by atoms with Crippen LogP contribution in [0.2, 0.25) is 0 Å². The van der Waals surface area contributed by atoms with Gasteiger partial charge in [-0.2, -0.15) is 0 Å². The zero-order valence-electron chi connectivity index (χ0n) is 16.0. The fourth-order valence-electron chi connectivity index (χ4n) is 2.07. The number of carbonyl (C=O) groups is 3. The Labute approximate surface area is 159 Å². The van der Waals surface area contributed by atoms with E-state index in [2.05, 4.69) is 10.0 Å². The van der Waals surface area contributed by atoms with Crippen molar-refractivity contribution >= 4 is 27.8 Å². The van der Waals surface area contributed by atoms with Gasteiger partial charge in [0.15, 0.2) is 6.10 Å². The van der Waals surface area contributed by atoms with Crippen molar-refractivity contribution in [3.8, 4) is 0 Å². The molecule has 0 fully saturated rings. The summed E-state index contributed by atoms with van der Waals surface area (Å²) in [6.07, 6.45) is -0.956. The van der Waals surface area contributed by atoms with Crippen LogP contribution in [-0.2, 0) is 24.3 Å².